The van der Waals surface area contributed by atoms with Crippen molar-refractivity contribution in [2.75, 3.05) is 7.11 Å². The molecule has 2 aliphatic carbocycles. The molecule has 112 valence electrons. The Morgan fingerprint density at radius 3 is 2.75 bits per heavy atom. The second-order valence-corrected chi connectivity index (χ2v) is 6.47. The molecule has 4 atom stereocenters. The topological polar surface area (TPSA) is 63.6 Å². The molecule has 4 nitrogen and oxygen atoms in total. The van der Waals surface area contributed by atoms with Crippen molar-refractivity contribution in [3.8, 4) is 0 Å². The zero-order chi connectivity index (χ0) is 15.1. The van der Waals surface area contributed by atoms with Crippen molar-refractivity contribution in [1.29, 1.82) is 0 Å². The van der Waals surface area contributed by atoms with Gasteiger partial charge in [0.2, 0.25) is 0 Å². The Balaban J connectivity index is 2.32. The van der Waals surface area contributed by atoms with Gasteiger partial charge in [-0.1, -0.05) is 19.4 Å². The van der Waals surface area contributed by atoms with Gasteiger partial charge in [0.15, 0.2) is 5.78 Å². The molecule has 0 heterocycles. The monoisotopic (exact) mass is 280 g/mol. The maximum absolute atomic E-state index is 11.9. The number of hydrogen-bond donors (Lipinski definition) is 1. The van der Waals surface area contributed by atoms with Crippen LogP contribution in [-0.2, 0) is 14.3 Å². The molecule has 0 bridgehead atoms. The van der Waals surface area contributed by atoms with Gasteiger partial charge >= 0.3 is 5.97 Å². The van der Waals surface area contributed by atoms with E-state index in [1.165, 1.54) is 7.11 Å². The lowest BCUT2D eigenvalue weighted by Crippen LogP contribution is -2.46. The third kappa shape index (κ3) is 2.30. The van der Waals surface area contributed by atoms with Crippen LogP contribution in [0.15, 0.2) is 11.1 Å². The van der Waals surface area contributed by atoms with E-state index in [0.717, 1.165) is 11.1 Å². The molecule has 1 saturated carbocycles. The van der Waals surface area contributed by atoms with Gasteiger partial charge < -0.3 is 9.84 Å². The maximum atomic E-state index is 11.9. The van der Waals surface area contributed by atoms with Gasteiger partial charge in [0.05, 0.1) is 19.1 Å². The molecule has 4 heteroatoms. The largest absolute Gasteiger partial charge is 0.469 e. The smallest absolute Gasteiger partial charge is 0.308 e. The Labute approximate surface area is 120 Å². The highest BCUT2D eigenvalue weighted by Gasteiger charge is 2.48. The second kappa shape index (κ2) is 5.32. The van der Waals surface area contributed by atoms with Crippen molar-refractivity contribution in [3.63, 3.8) is 0 Å². The van der Waals surface area contributed by atoms with Gasteiger partial charge in [-0.3, -0.25) is 9.59 Å². The van der Waals surface area contributed by atoms with E-state index in [-0.39, 0.29) is 29.0 Å². The summed E-state index contributed by atoms with van der Waals surface area (Å²) in [4.78, 5) is 23.6. The number of carbonyl (C=O) groups is 2. The number of rotatable bonds is 2. The fourth-order valence-corrected chi connectivity index (χ4v) is 3.71. The van der Waals surface area contributed by atoms with Gasteiger partial charge in [-0.15, -0.1) is 0 Å². The number of aliphatic hydroxyl groups is 1. The summed E-state index contributed by atoms with van der Waals surface area (Å²) in [7, 11) is 1.39. The number of hydrogen-bond acceptors (Lipinski definition) is 4. The maximum Gasteiger partial charge on any atom is 0.308 e. The highest BCUT2D eigenvalue weighted by Crippen LogP contribution is 2.51. The molecular weight excluding hydrogens is 256 g/mol. The summed E-state index contributed by atoms with van der Waals surface area (Å²) in [6, 6.07) is 0. The van der Waals surface area contributed by atoms with Gasteiger partial charge in [-0.05, 0) is 37.7 Å². The number of allylic oxidation sites excluding steroid dienone is 1. The van der Waals surface area contributed by atoms with Crippen LogP contribution in [0.4, 0.5) is 0 Å². The molecule has 2 rings (SSSR count). The molecule has 0 spiro atoms. The minimum absolute atomic E-state index is 0.0429. The first-order valence-electron chi connectivity index (χ1n) is 7.30. The first-order valence-corrected chi connectivity index (χ1v) is 7.30. The number of esters is 1. The highest BCUT2D eigenvalue weighted by molar-refractivity contribution is 5.96. The SMILES string of the molecule is COC(=O)[C@@H](C)[C@H]1CC2=C(C)C(=O)CC[C@]2(C)[C@@H](O)C1. The van der Waals surface area contributed by atoms with Crippen molar-refractivity contribution in [1.82, 2.24) is 0 Å². The lowest BCUT2D eigenvalue weighted by atomic mass is 9.58. The highest BCUT2D eigenvalue weighted by atomic mass is 16.5. The third-order valence-corrected chi connectivity index (χ3v) is 5.44. The molecule has 20 heavy (non-hydrogen) atoms. The molecule has 2 aliphatic rings. The molecule has 0 aromatic rings. The Bertz CT molecular complexity index is 465. The van der Waals surface area contributed by atoms with Crippen LogP contribution in [0.5, 0.6) is 0 Å². The van der Waals surface area contributed by atoms with Crippen LogP contribution in [0.25, 0.3) is 0 Å². The molecule has 1 fully saturated rings. The van der Waals surface area contributed by atoms with Crippen molar-refractivity contribution < 1.29 is 19.4 Å². The second-order valence-electron chi connectivity index (χ2n) is 6.47. The number of carbonyl (C=O) groups excluding carboxylic acids is 2. The summed E-state index contributed by atoms with van der Waals surface area (Å²) in [6.07, 6.45) is 2.03. The number of ether oxygens (including phenoxy) is 1. The summed E-state index contributed by atoms with van der Waals surface area (Å²) >= 11 is 0. The molecule has 0 unspecified atom stereocenters. The molecule has 1 N–H and O–H groups in total. The van der Waals surface area contributed by atoms with Crippen LogP contribution in [0, 0.1) is 17.3 Å². The average Bonchev–Trinajstić information content (AvgIpc) is 2.43. The Hall–Kier alpha value is -1.16. The van der Waals surface area contributed by atoms with E-state index >= 15 is 0 Å². The number of aliphatic hydroxyl groups excluding tert-OH is 1. The Morgan fingerprint density at radius 1 is 1.50 bits per heavy atom. The number of ketones is 1. The first-order chi connectivity index (χ1) is 9.31. The molecule has 0 aliphatic heterocycles. The lowest BCUT2D eigenvalue weighted by Gasteiger charge is -2.47. The van der Waals surface area contributed by atoms with Crippen LogP contribution >= 0.6 is 0 Å². The zero-order valence-corrected chi connectivity index (χ0v) is 12.7. The third-order valence-electron chi connectivity index (χ3n) is 5.44. The predicted molar refractivity (Wildman–Crippen MR) is 75.0 cm³/mol. The molecule has 0 aromatic heterocycles. The van der Waals surface area contributed by atoms with E-state index in [2.05, 4.69) is 0 Å². The number of fused-ring (bicyclic) bond motifs is 1. The van der Waals surface area contributed by atoms with Gasteiger partial charge in [0, 0.05) is 11.8 Å². The summed E-state index contributed by atoms with van der Waals surface area (Å²) in [5.41, 5.74) is 1.54. The van der Waals surface area contributed by atoms with Crippen LogP contribution in [0.2, 0.25) is 0 Å². The number of Topliss-reactive ketones (excluding diaryl/α,β-unsaturated/α-hetero) is 1. The van der Waals surface area contributed by atoms with Gasteiger partial charge in [-0.25, -0.2) is 0 Å². The quantitative estimate of drug-likeness (QED) is 0.788. The van der Waals surface area contributed by atoms with Gasteiger partial charge in [0.1, 0.15) is 0 Å². The van der Waals surface area contributed by atoms with Crippen molar-refractivity contribution in [2.45, 2.75) is 52.6 Å². The van der Waals surface area contributed by atoms with Crippen molar-refractivity contribution in [3.05, 3.63) is 11.1 Å². The van der Waals surface area contributed by atoms with Crippen LogP contribution in [0.3, 0.4) is 0 Å². The van der Waals surface area contributed by atoms with E-state index in [0.29, 0.717) is 25.7 Å². The standard InChI is InChI=1S/C16H24O4/c1-9(15(19)20-4)11-7-12-10(2)13(17)5-6-16(12,3)14(18)8-11/h9,11,14,18H,5-8H2,1-4H3/t9-,11-,14-,16-/m0/s1. The van der Waals surface area contributed by atoms with E-state index in [1.54, 1.807) is 0 Å². The summed E-state index contributed by atoms with van der Waals surface area (Å²) in [5.74, 6) is -0.278. The molecule has 0 amide bonds. The Morgan fingerprint density at radius 2 is 2.15 bits per heavy atom. The van der Waals surface area contributed by atoms with E-state index in [1.807, 2.05) is 20.8 Å². The minimum Gasteiger partial charge on any atom is -0.469 e. The van der Waals surface area contributed by atoms with E-state index in [9.17, 15) is 14.7 Å². The average molecular weight is 280 g/mol. The normalized spacial score (nSPS) is 35.5. The fourth-order valence-electron chi connectivity index (χ4n) is 3.71. The van der Waals surface area contributed by atoms with Gasteiger partial charge in [0.25, 0.3) is 0 Å². The Kier molecular flexibility index (Phi) is 4.05. The molecular formula is C16H24O4. The first kappa shape index (κ1) is 15.2. The van der Waals surface area contributed by atoms with E-state index in [4.69, 9.17) is 4.74 Å². The number of methoxy groups -OCH3 is 1. The minimum atomic E-state index is -0.494. The predicted octanol–water partition coefficient (Wildman–Crippen LogP) is 2.25. The summed E-state index contributed by atoms with van der Waals surface area (Å²) < 4.78 is 4.81. The van der Waals surface area contributed by atoms with E-state index < -0.39 is 6.10 Å². The van der Waals surface area contributed by atoms with Crippen LogP contribution in [0.1, 0.15) is 46.5 Å². The molecule has 0 radical (unpaired) electrons. The molecule has 0 saturated heterocycles. The summed E-state index contributed by atoms with van der Waals surface area (Å²) in [6.45, 7) is 5.74. The van der Waals surface area contributed by atoms with Crippen molar-refractivity contribution in [2.24, 2.45) is 17.3 Å². The van der Waals surface area contributed by atoms with Crippen LogP contribution < -0.4 is 0 Å². The van der Waals surface area contributed by atoms with Crippen LogP contribution in [-0.4, -0.2) is 30.1 Å². The van der Waals surface area contributed by atoms with Crippen molar-refractivity contribution >= 4 is 11.8 Å². The lowest BCUT2D eigenvalue weighted by molar-refractivity contribution is -0.148. The zero-order valence-electron chi connectivity index (χ0n) is 12.7. The summed E-state index contributed by atoms with van der Waals surface area (Å²) in [5, 5.41) is 10.5. The van der Waals surface area contributed by atoms with Gasteiger partial charge in [-0.2, -0.15) is 0 Å². The fraction of sp³-hybridized carbons (Fsp3) is 0.750. The molecule has 0 aromatic carbocycles.